The molecule has 1 amide bonds. The summed E-state index contributed by atoms with van der Waals surface area (Å²) in [5, 5.41) is 0. The Hall–Kier alpha value is -2.90. The molecular weight excluding hydrogens is 404 g/mol. The van der Waals surface area contributed by atoms with Gasteiger partial charge in [-0.3, -0.25) is 14.4 Å². The molecule has 1 aliphatic heterocycles. The smallest absolute Gasteiger partial charge is 0.316 e. The minimum absolute atomic E-state index is 0. The predicted molar refractivity (Wildman–Crippen MR) is 119 cm³/mol. The fourth-order valence-electron chi connectivity index (χ4n) is 4.26. The first-order chi connectivity index (χ1) is 14.0. The van der Waals surface area contributed by atoms with Crippen molar-refractivity contribution in [1.29, 1.82) is 0 Å². The highest BCUT2D eigenvalue weighted by atomic mass is 35.5. The Labute approximate surface area is 179 Å². The van der Waals surface area contributed by atoms with E-state index < -0.39 is 11.1 Å². The molecule has 1 saturated heterocycles. The second-order valence-corrected chi connectivity index (χ2v) is 7.46. The first-order valence-corrected chi connectivity index (χ1v) is 9.84. The van der Waals surface area contributed by atoms with Gasteiger partial charge in [-0.05, 0) is 43.1 Å². The number of amides is 1. The van der Waals surface area contributed by atoms with Gasteiger partial charge in [0, 0.05) is 31.1 Å². The minimum atomic E-state index is -0.683. The molecule has 3 N–H and O–H groups in total. The van der Waals surface area contributed by atoms with E-state index in [2.05, 4.69) is 17.1 Å². The lowest BCUT2D eigenvalue weighted by molar-refractivity contribution is 0.0786. The molecule has 1 aromatic heterocycles. The fourth-order valence-corrected chi connectivity index (χ4v) is 4.26. The molecule has 158 valence electrons. The number of benzene rings is 2. The largest absolute Gasteiger partial charge is 0.338 e. The SMILES string of the molecule is CCn1c(=O)c(=O)[nH]c2cc(C(=O)N3C[C@@H](CN)[C@H](c4ccccc4)C3)ccc21.Cl. The lowest BCUT2D eigenvalue weighted by Crippen LogP contribution is -2.36. The number of fused-ring (bicyclic) bond motifs is 1. The summed E-state index contributed by atoms with van der Waals surface area (Å²) in [6.07, 6.45) is 0. The maximum absolute atomic E-state index is 13.2. The van der Waals surface area contributed by atoms with Crippen LogP contribution in [0.1, 0.15) is 28.8 Å². The molecule has 0 aliphatic carbocycles. The molecule has 30 heavy (non-hydrogen) atoms. The Kier molecular flexibility index (Phi) is 6.43. The van der Waals surface area contributed by atoms with Gasteiger partial charge < -0.3 is 20.2 Å². The van der Waals surface area contributed by atoms with E-state index in [0.717, 1.165) is 0 Å². The topological polar surface area (TPSA) is 101 Å². The van der Waals surface area contributed by atoms with Crippen molar-refractivity contribution < 1.29 is 4.79 Å². The van der Waals surface area contributed by atoms with Crippen LogP contribution in [0.25, 0.3) is 11.0 Å². The van der Waals surface area contributed by atoms with E-state index in [0.29, 0.717) is 42.8 Å². The number of nitrogens with two attached hydrogens (primary N) is 1. The Morgan fingerprint density at radius 1 is 1.13 bits per heavy atom. The number of likely N-dealkylation sites (tertiary alicyclic amines) is 1. The second-order valence-electron chi connectivity index (χ2n) is 7.46. The van der Waals surface area contributed by atoms with Gasteiger partial charge in [-0.15, -0.1) is 12.4 Å². The summed E-state index contributed by atoms with van der Waals surface area (Å²) in [5.74, 6) is 0.307. The lowest BCUT2D eigenvalue weighted by Gasteiger charge is -2.17. The summed E-state index contributed by atoms with van der Waals surface area (Å²) in [4.78, 5) is 41.5. The number of carbonyl (C=O) groups excluding carboxylic acids is 1. The van der Waals surface area contributed by atoms with Gasteiger partial charge in [0.2, 0.25) is 0 Å². The molecule has 8 heteroatoms. The van der Waals surface area contributed by atoms with Crippen molar-refractivity contribution >= 4 is 29.3 Å². The number of halogens is 1. The first-order valence-electron chi connectivity index (χ1n) is 9.84. The molecule has 0 bridgehead atoms. The molecule has 4 rings (SSSR count). The van der Waals surface area contributed by atoms with E-state index in [1.54, 1.807) is 25.1 Å². The van der Waals surface area contributed by atoms with Crippen LogP contribution in [0.2, 0.25) is 0 Å². The molecular formula is C22H25ClN4O3. The maximum Gasteiger partial charge on any atom is 0.316 e. The molecule has 2 aromatic carbocycles. The molecule has 3 aromatic rings. The van der Waals surface area contributed by atoms with Gasteiger partial charge in [0.05, 0.1) is 11.0 Å². The van der Waals surface area contributed by atoms with Crippen LogP contribution in [0, 0.1) is 5.92 Å². The van der Waals surface area contributed by atoms with E-state index in [9.17, 15) is 14.4 Å². The van der Waals surface area contributed by atoms with Crippen LogP contribution < -0.4 is 16.9 Å². The number of aromatic amines is 1. The molecule has 0 radical (unpaired) electrons. The molecule has 1 fully saturated rings. The van der Waals surface area contributed by atoms with Gasteiger partial charge in [-0.2, -0.15) is 0 Å². The third-order valence-corrected chi connectivity index (χ3v) is 5.80. The van der Waals surface area contributed by atoms with Gasteiger partial charge in [0.15, 0.2) is 0 Å². The fraction of sp³-hybridized carbons (Fsp3) is 0.318. The van der Waals surface area contributed by atoms with Crippen molar-refractivity contribution in [1.82, 2.24) is 14.5 Å². The number of hydrogen-bond acceptors (Lipinski definition) is 4. The molecule has 0 saturated carbocycles. The monoisotopic (exact) mass is 428 g/mol. The van der Waals surface area contributed by atoms with Gasteiger partial charge in [-0.25, -0.2) is 0 Å². The third-order valence-electron chi connectivity index (χ3n) is 5.80. The third kappa shape index (κ3) is 3.78. The molecule has 1 aliphatic rings. The van der Waals surface area contributed by atoms with Crippen LogP contribution in [0.15, 0.2) is 58.1 Å². The lowest BCUT2D eigenvalue weighted by atomic mass is 9.89. The number of nitrogens with one attached hydrogen (secondary N) is 1. The first kappa shape index (κ1) is 21.8. The number of aryl methyl sites for hydroxylation is 1. The molecule has 0 spiro atoms. The summed E-state index contributed by atoms with van der Waals surface area (Å²) in [6.45, 7) is 3.90. The minimum Gasteiger partial charge on any atom is -0.338 e. The summed E-state index contributed by atoms with van der Waals surface area (Å²) >= 11 is 0. The van der Waals surface area contributed by atoms with Crippen LogP contribution in [0.4, 0.5) is 0 Å². The molecule has 2 atom stereocenters. The summed E-state index contributed by atoms with van der Waals surface area (Å²) in [6, 6.07) is 15.2. The van der Waals surface area contributed by atoms with Crippen LogP contribution in [0.5, 0.6) is 0 Å². The zero-order chi connectivity index (χ0) is 20.5. The summed E-state index contributed by atoms with van der Waals surface area (Å²) in [5.41, 5.74) is 7.48. The standard InChI is InChI=1S/C22H24N4O3.ClH/c1-2-26-19-9-8-15(10-18(19)24-20(27)22(26)29)21(28)25-12-16(11-23)17(13-25)14-6-4-3-5-7-14;/h3-10,16-17H,2,11-13,23H2,1H3,(H,24,27);1H/t16-,17+;/m1./s1. The zero-order valence-corrected chi connectivity index (χ0v) is 17.5. The van der Waals surface area contributed by atoms with E-state index in [4.69, 9.17) is 5.73 Å². The van der Waals surface area contributed by atoms with E-state index in [1.165, 1.54) is 10.1 Å². The number of hydrogen-bond donors (Lipinski definition) is 2. The highest BCUT2D eigenvalue weighted by molar-refractivity contribution is 5.97. The number of carbonyl (C=O) groups is 1. The zero-order valence-electron chi connectivity index (χ0n) is 16.7. The van der Waals surface area contributed by atoms with Crippen molar-refractivity contribution in [2.75, 3.05) is 19.6 Å². The number of aromatic nitrogens is 2. The van der Waals surface area contributed by atoms with Crippen molar-refractivity contribution in [3.05, 3.63) is 80.4 Å². The molecule has 2 heterocycles. The predicted octanol–water partition coefficient (Wildman–Crippen LogP) is 1.95. The Morgan fingerprint density at radius 3 is 2.53 bits per heavy atom. The van der Waals surface area contributed by atoms with Crippen LogP contribution in [-0.4, -0.2) is 40.0 Å². The Balaban J connectivity index is 0.00000256. The average Bonchev–Trinajstić information content (AvgIpc) is 3.19. The quantitative estimate of drug-likeness (QED) is 0.620. The van der Waals surface area contributed by atoms with Gasteiger partial charge in [0.25, 0.3) is 5.91 Å². The van der Waals surface area contributed by atoms with E-state index in [-0.39, 0.29) is 30.2 Å². The maximum atomic E-state index is 13.2. The number of nitrogens with zero attached hydrogens (tertiary/aromatic N) is 2. The molecule has 7 nitrogen and oxygen atoms in total. The van der Waals surface area contributed by atoms with Crippen molar-refractivity contribution in [2.24, 2.45) is 11.7 Å². The Bertz CT molecular complexity index is 1170. The van der Waals surface area contributed by atoms with Crippen LogP contribution >= 0.6 is 12.4 Å². The number of rotatable bonds is 4. The summed E-state index contributed by atoms with van der Waals surface area (Å²) in [7, 11) is 0. The van der Waals surface area contributed by atoms with Crippen LogP contribution in [0.3, 0.4) is 0 Å². The Morgan fingerprint density at radius 2 is 1.87 bits per heavy atom. The number of H-pyrrole nitrogens is 1. The molecule has 0 unspecified atom stereocenters. The van der Waals surface area contributed by atoms with Gasteiger partial charge in [-0.1, -0.05) is 30.3 Å². The van der Waals surface area contributed by atoms with Crippen molar-refractivity contribution in [2.45, 2.75) is 19.4 Å². The highest BCUT2D eigenvalue weighted by Crippen LogP contribution is 2.33. The van der Waals surface area contributed by atoms with Crippen molar-refractivity contribution in [3.63, 3.8) is 0 Å². The summed E-state index contributed by atoms with van der Waals surface area (Å²) < 4.78 is 1.41. The second kappa shape index (κ2) is 8.85. The average molecular weight is 429 g/mol. The van der Waals surface area contributed by atoms with Gasteiger partial charge in [0.1, 0.15) is 0 Å². The van der Waals surface area contributed by atoms with Crippen molar-refractivity contribution in [3.8, 4) is 0 Å². The normalized spacial score (nSPS) is 18.4. The van der Waals surface area contributed by atoms with Gasteiger partial charge >= 0.3 is 11.1 Å². The highest BCUT2D eigenvalue weighted by Gasteiger charge is 2.35. The van der Waals surface area contributed by atoms with E-state index in [1.807, 2.05) is 23.1 Å². The van der Waals surface area contributed by atoms with E-state index >= 15 is 0 Å². The van der Waals surface area contributed by atoms with Crippen LogP contribution in [-0.2, 0) is 6.54 Å².